The molecule has 0 aliphatic carbocycles. The molecule has 1 atom stereocenters. The zero-order valence-electron chi connectivity index (χ0n) is 12.0. The number of hydrogen-bond acceptors (Lipinski definition) is 3. The molecule has 1 aromatic rings. The zero-order chi connectivity index (χ0) is 14.9. The number of aliphatic carboxylic acids is 1. The van der Waals surface area contributed by atoms with Gasteiger partial charge in [0.25, 0.3) is 0 Å². The third kappa shape index (κ3) is 2.35. The number of amides is 2. The fraction of sp³-hybridized carbons (Fsp3) is 0.615. The molecule has 2 amide bonds. The SMILES string of the molecule is CN(Cc1nccn1C)C(=O)N1CCCC1(C)C(=O)O. The summed E-state index contributed by atoms with van der Waals surface area (Å²) in [6, 6.07) is -0.268. The van der Waals surface area contributed by atoms with E-state index in [1.165, 1.54) is 9.80 Å². The summed E-state index contributed by atoms with van der Waals surface area (Å²) < 4.78 is 1.84. The third-order valence-corrected chi connectivity index (χ3v) is 3.96. The molecule has 1 fully saturated rings. The Balaban J connectivity index is 2.11. The van der Waals surface area contributed by atoms with Gasteiger partial charge in [-0.05, 0) is 19.8 Å². The van der Waals surface area contributed by atoms with Gasteiger partial charge in [-0.15, -0.1) is 0 Å². The van der Waals surface area contributed by atoms with E-state index in [2.05, 4.69) is 4.98 Å². The normalized spacial score (nSPS) is 22.1. The highest BCUT2D eigenvalue weighted by Gasteiger charge is 2.46. The van der Waals surface area contributed by atoms with E-state index in [1.807, 2.05) is 17.8 Å². The van der Waals surface area contributed by atoms with Crippen molar-refractivity contribution >= 4 is 12.0 Å². The lowest BCUT2D eigenvalue weighted by Gasteiger charge is -2.34. The van der Waals surface area contributed by atoms with Gasteiger partial charge in [0.1, 0.15) is 11.4 Å². The summed E-state index contributed by atoms with van der Waals surface area (Å²) >= 11 is 0. The van der Waals surface area contributed by atoms with Crippen molar-refractivity contribution in [1.82, 2.24) is 19.4 Å². The third-order valence-electron chi connectivity index (χ3n) is 3.96. The number of carboxylic acid groups (broad SMARTS) is 1. The standard InChI is InChI=1S/C13H20N4O3/c1-13(11(18)19)5-4-7-17(13)12(20)16(3)9-10-14-6-8-15(10)2/h6,8H,4-5,7,9H2,1-3H3,(H,18,19). The molecule has 7 nitrogen and oxygen atoms in total. The molecule has 1 aliphatic rings. The summed E-state index contributed by atoms with van der Waals surface area (Å²) in [6.45, 7) is 2.44. The van der Waals surface area contributed by atoms with Crippen LogP contribution in [-0.2, 0) is 18.4 Å². The lowest BCUT2D eigenvalue weighted by molar-refractivity contribution is -0.147. The molecule has 2 heterocycles. The molecule has 1 aromatic heterocycles. The quantitative estimate of drug-likeness (QED) is 0.892. The minimum Gasteiger partial charge on any atom is -0.480 e. The number of aryl methyl sites for hydroxylation is 1. The van der Waals surface area contributed by atoms with Crippen LogP contribution in [-0.4, -0.2) is 55.6 Å². The number of urea groups is 1. The average Bonchev–Trinajstić information content (AvgIpc) is 2.96. The van der Waals surface area contributed by atoms with Crippen LogP contribution in [0.4, 0.5) is 4.79 Å². The largest absolute Gasteiger partial charge is 0.480 e. The van der Waals surface area contributed by atoms with E-state index in [4.69, 9.17) is 0 Å². The fourth-order valence-corrected chi connectivity index (χ4v) is 2.53. The van der Waals surface area contributed by atoms with Crippen LogP contribution in [0.1, 0.15) is 25.6 Å². The Bertz CT molecular complexity index is 527. The van der Waals surface area contributed by atoms with Gasteiger partial charge >= 0.3 is 12.0 Å². The Labute approximate surface area is 117 Å². The van der Waals surface area contributed by atoms with Crippen LogP contribution >= 0.6 is 0 Å². The number of carboxylic acids is 1. The molecule has 110 valence electrons. The molecular formula is C13H20N4O3. The molecule has 1 N–H and O–H groups in total. The average molecular weight is 280 g/mol. The van der Waals surface area contributed by atoms with Crippen LogP contribution in [0, 0.1) is 0 Å². The van der Waals surface area contributed by atoms with Gasteiger partial charge in [0, 0.05) is 33.0 Å². The summed E-state index contributed by atoms with van der Waals surface area (Å²) in [7, 11) is 3.52. The Morgan fingerprint density at radius 3 is 2.80 bits per heavy atom. The maximum atomic E-state index is 12.5. The van der Waals surface area contributed by atoms with Gasteiger partial charge in [-0.3, -0.25) is 0 Å². The van der Waals surface area contributed by atoms with E-state index < -0.39 is 11.5 Å². The van der Waals surface area contributed by atoms with Crippen molar-refractivity contribution in [3.05, 3.63) is 18.2 Å². The highest BCUT2D eigenvalue weighted by Crippen LogP contribution is 2.30. The van der Waals surface area contributed by atoms with Crippen molar-refractivity contribution < 1.29 is 14.7 Å². The van der Waals surface area contributed by atoms with Gasteiger partial charge in [-0.25, -0.2) is 14.6 Å². The first-order valence-electron chi connectivity index (χ1n) is 6.58. The van der Waals surface area contributed by atoms with Gasteiger partial charge in [0.05, 0.1) is 6.54 Å². The molecule has 1 unspecified atom stereocenters. The number of likely N-dealkylation sites (tertiary alicyclic amines) is 1. The number of nitrogens with zero attached hydrogens (tertiary/aromatic N) is 4. The van der Waals surface area contributed by atoms with Crippen molar-refractivity contribution in [3.8, 4) is 0 Å². The maximum absolute atomic E-state index is 12.5. The molecule has 0 aromatic carbocycles. The number of imidazole rings is 1. The molecular weight excluding hydrogens is 260 g/mol. The number of aromatic nitrogens is 2. The number of rotatable bonds is 3. The maximum Gasteiger partial charge on any atom is 0.329 e. The monoisotopic (exact) mass is 280 g/mol. The molecule has 0 radical (unpaired) electrons. The van der Waals surface area contributed by atoms with Gasteiger partial charge in [0.2, 0.25) is 0 Å². The number of carbonyl (C=O) groups is 2. The van der Waals surface area contributed by atoms with Crippen LogP contribution in [0.2, 0.25) is 0 Å². The first-order chi connectivity index (χ1) is 9.36. The molecule has 20 heavy (non-hydrogen) atoms. The minimum absolute atomic E-state index is 0.268. The molecule has 0 saturated carbocycles. The van der Waals surface area contributed by atoms with Crippen LogP contribution in [0.3, 0.4) is 0 Å². The van der Waals surface area contributed by atoms with Crippen LogP contribution in [0.5, 0.6) is 0 Å². The van der Waals surface area contributed by atoms with Crippen LogP contribution in [0.25, 0.3) is 0 Å². The van der Waals surface area contributed by atoms with Crippen molar-refractivity contribution in [2.45, 2.75) is 31.8 Å². The predicted octanol–water partition coefficient (Wildman–Crippen LogP) is 0.911. The molecule has 1 saturated heterocycles. The fourth-order valence-electron chi connectivity index (χ4n) is 2.53. The summed E-state index contributed by atoms with van der Waals surface area (Å²) in [5, 5.41) is 9.35. The first kappa shape index (κ1) is 14.4. The summed E-state index contributed by atoms with van der Waals surface area (Å²) in [5.74, 6) is -0.189. The smallest absolute Gasteiger partial charge is 0.329 e. The second kappa shape index (κ2) is 5.15. The zero-order valence-corrected chi connectivity index (χ0v) is 12.0. The Kier molecular flexibility index (Phi) is 3.69. The lowest BCUT2D eigenvalue weighted by Crippen LogP contribution is -2.54. The van der Waals surface area contributed by atoms with Crippen molar-refractivity contribution in [1.29, 1.82) is 0 Å². The Morgan fingerprint density at radius 2 is 2.25 bits per heavy atom. The molecule has 1 aliphatic heterocycles. The van der Waals surface area contributed by atoms with Crippen LogP contribution < -0.4 is 0 Å². The summed E-state index contributed by atoms with van der Waals surface area (Å²) in [5.41, 5.74) is -1.10. The highest BCUT2D eigenvalue weighted by molar-refractivity contribution is 5.86. The predicted molar refractivity (Wildman–Crippen MR) is 72.1 cm³/mol. The van der Waals surface area contributed by atoms with Gasteiger partial charge in [-0.1, -0.05) is 0 Å². The van der Waals surface area contributed by atoms with E-state index >= 15 is 0 Å². The molecule has 0 spiro atoms. The second-order valence-electron chi connectivity index (χ2n) is 5.43. The van der Waals surface area contributed by atoms with E-state index in [0.29, 0.717) is 25.9 Å². The van der Waals surface area contributed by atoms with E-state index in [9.17, 15) is 14.7 Å². The molecule has 2 rings (SSSR count). The first-order valence-corrected chi connectivity index (χ1v) is 6.58. The van der Waals surface area contributed by atoms with Crippen molar-refractivity contribution in [2.24, 2.45) is 7.05 Å². The Hall–Kier alpha value is -2.05. The molecule has 7 heteroatoms. The number of hydrogen-bond donors (Lipinski definition) is 1. The topological polar surface area (TPSA) is 78.7 Å². The summed E-state index contributed by atoms with van der Waals surface area (Å²) in [4.78, 5) is 31.0. The van der Waals surface area contributed by atoms with Crippen LogP contribution in [0.15, 0.2) is 12.4 Å². The lowest BCUT2D eigenvalue weighted by atomic mass is 10.00. The summed E-state index contributed by atoms with van der Waals surface area (Å²) in [6.07, 6.45) is 4.69. The van der Waals surface area contributed by atoms with E-state index in [-0.39, 0.29) is 6.03 Å². The van der Waals surface area contributed by atoms with Gasteiger partial charge in [-0.2, -0.15) is 0 Å². The number of carbonyl (C=O) groups excluding carboxylic acids is 1. The van der Waals surface area contributed by atoms with E-state index in [0.717, 1.165) is 5.82 Å². The van der Waals surface area contributed by atoms with E-state index in [1.54, 1.807) is 20.2 Å². The second-order valence-corrected chi connectivity index (χ2v) is 5.43. The van der Waals surface area contributed by atoms with Gasteiger partial charge < -0.3 is 19.5 Å². The minimum atomic E-state index is -1.10. The van der Waals surface area contributed by atoms with Crippen molar-refractivity contribution in [3.63, 3.8) is 0 Å². The van der Waals surface area contributed by atoms with Gasteiger partial charge in [0.15, 0.2) is 0 Å². The Morgan fingerprint density at radius 1 is 1.55 bits per heavy atom. The molecule has 0 bridgehead atoms. The highest BCUT2D eigenvalue weighted by atomic mass is 16.4. The van der Waals surface area contributed by atoms with Crippen molar-refractivity contribution in [2.75, 3.05) is 13.6 Å².